The highest BCUT2D eigenvalue weighted by atomic mass is 32.2. The van der Waals surface area contributed by atoms with Crippen molar-refractivity contribution >= 4 is 21.8 Å². The van der Waals surface area contributed by atoms with Crippen LogP contribution in [-0.4, -0.2) is 79.4 Å². The largest absolute Gasteiger partial charge is 0.385 e. The van der Waals surface area contributed by atoms with Crippen molar-refractivity contribution < 1.29 is 27.5 Å². The number of rotatable bonds is 5. The van der Waals surface area contributed by atoms with Gasteiger partial charge in [0.2, 0.25) is 5.91 Å². The predicted molar refractivity (Wildman–Crippen MR) is 137 cm³/mol. The van der Waals surface area contributed by atoms with Crippen LogP contribution >= 0.6 is 0 Å². The molecule has 1 unspecified atom stereocenters. The minimum absolute atomic E-state index is 0.0112. The van der Waals surface area contributed by atoms with Gasteiger partial charge in [-0.2, -0.15) is 0 Å². The van der Waals surface area contributed by atoms with Crippen LogP contribution in [0.2, 0.25) is 0 Å². The molecule has 1 N–H and O–H groups in total. The second-order valence-corrected chi connectivity index (χ2v) is 12.4. The standard InChI is InChI=1S/C27H34FN3O5S/c1-4-26(3,34)21-5-7-22(8-6-21)27(37(35,36)24-11-9-23(28)10-12-24)13-14-31(19-27)25(33)30-17-15-29(16-18-30)20(2)32/h5-12,34H,4,13-19H2,1-3H3/t26?,27-/m0/s1. The fourth-order valence-corrected chi connectivity index (χ4v) is 7.22. The van der Waals surface area contributed by atoms with E-state index in [2.05, 4.69) is 0 Å². The molecular weight excluding hydrogens is 497 g/mol. The summed E-state index contributed by atoms with van der Waals surface area (Å²) in [6.07, 6.45) is 0.667. The van der Waals surface area contributed by atoms with E-state index in [4.69, 9.17) is 0 Å². The summed E-state index contributed by atoms with van der Waals surface area (Å²) in [6, 6.07) is 11.4. The average molecular weight is 532 g/mol. The van der Waals surface area contributed by atoms with Crippen LogP contribution < -0.4 is 0 Å². The number of hydrogen-bond donors (Lipinski definition) is 1. The highest BCUT2D eigenvalue weighted by molar-refractivity contribution is 7.92. The minimum atomic E-state index is -4.04. The number of piperazine rings is 1. The number of likely N-dealkylation sites (tertiary alicyclic amines) is 1. The zero-order chi connectivity index (χ0) is 27.0. The van der Waals surface area contributed by atoms with Gasteiger partial charge in [0.15, 0.2) is 9.84 Å². The van der Waals surface area contributed by atoms with Crippen LogP contribution in [0.5, 0.6) is 0 Å². The van der Waals surface area contributed by atoms with Gasteiger partial charge in [-0.15, -0.1) is 0 Å². The van der Waals surface area contributed by atoms with Gasteiger partial charge in [-0.1, -0.05) is 31.2 Å². The Morgan fingerprint density at radius 2 is 1.51 bits per heavy atom. The summed E-state index contributed by atoms with van der Waals surface area (Å²) >= 11 is 0. The normalized spacial score (nSPS) is 22.1. The first-order valence-electron chi connectivity index (χ1n) is 12.5. The van der Waals surface area contributed by atoms with Gasteiger partial charge >= 0.3 is 6.03 Å². The molecule has 3 amide bonds. The maximum atomic E-state index is 14.1. The lowest BCUT2D eigenvalue weighted by atomic mass is 9.90. The third-order valence-electron chi connectivity index (χ3n) is 7.86. The Morgan fingerprint density at radius 3 is 2.05 bits per heavy atom. The number of nitrogens with zero attached hydrogens (tertiary/aromatic N) is 3. The number of benzene rings is 2. The number of hydrogen-bond acceptors (Lipinski definition) is 5. The van der Waals surface area contributed by atoms with Crippen molar-refractivity contribution in [3.05, 3.63) is 65.5 Å². The van der Waals surface area contributed by atoms with Crippen LogP contribution in [0.1, 0.15) is 44.7 Å². The van der Waals surface area contributed by atoms with E-state index >= 15 is 0 Å². The topological polar surface area (TPSA) is 98.2 Å². The van der Waals surface area contributed by atoms with Crippen LogP contribution in [0.4, 0.5) is 9.18 Å². The molecular formula is C27H34FN3O5S. The molecule has 2 aliphatic rings. The average Bonchev–Trinajstić information content (AvgIpc) is 3.36. The van der Waals surface area contributed by atoms with Gasteiger partial charge in [0.1, 0.15) is 10.6 Å². The quantitative estimate of drug-likeness (QED) is 0.598. The van der Waals surface area contributed by atoms with E-state index < -0.39 is 26.0 Å². The van der Waals surface area contributed by atoms with Gasteiger partial charge in [0, 0.05) is 46.2 Å². The maximum absolute atomic E-state index is 14.1. The van der Waals surface area contributed by atoms with Crippen molar-refractivity contribution in [3.8, 4) is 0 Å². The first-order chi connectivity index (χ1) is 17.4. The summed E-state index contributed by atoms with van der Waals surface area (Å²) in [6.45, 7) is 6.89. The van der Waals surface area contributed by atoms with Crippen molar-refractivity contribution in [1.29, 1.82) is 0 Å². The number of sulfone groups is 1. The zero-order valence-corrected chi connectivity index (χ0v) is 22.3. The SMILES string of the molecule is CCC(C)(O)c1ccc([C@]2(S(=O)(=O)c3ccc(F)cc3)CCN(C(=O)N3CCN(C(C)=O)CC3)C2)cc1. The van der Waals surface area contributed by atoms with Crippen LogP contribution in [-0.2, 0) is 25.0 Å². The molecule has 4 rings (SSSR count). The van der Waals surface area contributed by atoms with Crippen LogP contribution in [0.3, 0.4) is 0 Å². The molecule has 2 saturated heterocycles. The number of carbonyl (C=O) groups is 2. The van der Waals surface area contributed by atoms with Crippen molar-refractivity contribution in [2.45, 2.75) is 48.9 Å². The van der Waals surface area contributed by atoms with Gasteiger partial charge < -0.3 is 19.8 Å². The lowest BCUT2D eigenvalue weighted by Crippen LogP contribution is -2.54. The number of halogens is 1. The van der Waals surface area contributed by atoms with E-state index in [1.54, 1.807) is 45.9 Å². The first-order valence-corrected chi connectivity index (χ1v) is 14.0. The molecule has 2 aliphatic heterocycles. The van der Waals surface area contributed by atoms with Crippen LogP contribution in [0.15, 0.2) is 53.4 Å². The summed E-state index contributed by atoms with van der Waals surface area (Å²) in [5.41, 5.74) is 0.132. The molecule has 0 saturated carbocycles. The Labute approximate surface area is 217 Å². The second-order valence-electron chi connectivity index (χ2n) is 10.1. The Kier molecular flexibility index (Phi) is 7.36. The van der Waals surface area contributed by atoms with Crippen molar-refractivity contribution in [2.24, 2.45) is 0 Å². The monoisotopic (exact) mass is 531 g/mol. The molecule has 0 aliphatic carbocycles. The summed E-state index contributed by atoms with van der Waals surface area (Å²) in [5.74, 6) is -0.574. The van der Waals surface area contributed by atoms with Gasteiger partial charge in [-0.25, -0.2) is 17.6 Å². The minimum Gasteiger partial charge on any atom is -0.385 e. The molecule has 0 radical (unpaired) electrons. The fourth-order valence-electron chi connectivity index (χ4n) is 5.14. The molecule has 0 spiro atoms. The number of carbonyl (C=O) groups excluding carboxylic acids is 2. The van der Waals surface area contributed by atoms with E-state index in [1.165, 1.54) is 19.1 Å². The third-order valence-corrected chi connectivity index (χ3v) is 10.3. The van der Waals surface area contributed by atoms with E-state index in [-0.39, 0.29) is 36.3 Å². The summed E-state index contributed by atoms with van der Waals surface area (Å²) in [5, 5.41) is 10.7. The summed E-state index contributed by atoms with van der Waals surface area (Å²) < 4.78 is 40.4. The van der Waals surface area contributed by atoms with E-state index in [0.717, 1.165) is 12.1 Å². The molecule has 2 aromatic rings. The summed E-state index contributed by atoms with van der Waals surface area (Å²) in [7, 11) is -4.04. The van der Waals surface area contributed by atoms with E-state index in [1.807, 2.05) is 6.92 Å². The molecule has 10 heteroatoms. The Morgan fingerprint density at radius 1 is 0.946 bits per heavy atom. The van der Waals surface area contributed by atoms with E-state index in [0.29, 0.717) is 43.7 Å². The highest BCUT2D eigenvalue weighted by Gasteiger charge is 2.52. The highest BCUT2D eigenvalue weighted by Crippen LogP contribution is 2.44. The van der Waals surface area contributed by atoms with Gasteiger partial charge in [0.25, 0.3) is 0 Å². The van der Waals surface area contributed by atoms with Crippen molar-refractivity contribution in [3.63, 3.8) is 0 Å². The Bertz CT molecular complexity index is 1260. The molecule has 200 valence electrons. The van der Waals surface area contributed by atoms with Crippen LogP contribution in [0.25, 0.3) is 0 Å². The zero-order valence-electron chi connectivity index (χ0n) is 21.5. The maximum Gasteiger partial charge on any atom is 0.320 e. The molecule has 0 bridgehead atoms. The predicted octanol–water partition coefficient (Wildman–Crippen LogP) is 3.10. The number of urea groups is 1. The van der Waals surface area contributed by atoms with Crippen molar-refractivity contribution in [1.82, 2.24) is 14.7 Å². The molecule has 2 atom stereocenters. The lowest BCUT2D eigenvalue weighted by Gasteiger charge is -2.37. The van der Waals surface area contributed by atoms with Gasteiger partial charge in [-0.3, -0.25) is 4.79 Å². The second kappa shape index (κ2) is 10.1. The summed E-state index contributed by atoms with van der Waals surface area (Å²) in [4.78, 5) is 29.9. The molecule has 2 aromatic carbocycles. The lowest BCUT2D eigenvalue weighted by molar-refractivity contribution is -0.130. The molecule has 2 fully saturated rings. The number of amides is 3. The van der Waals surface area contributed by atoms with Gasteiger partial charge in [0.05, 0.1) is 10.5 Å². The number of aliphatic hydroxyl groups is 1. The third kappa shape index (κ3) is 4.96. The van der Waals surface area contributed by atoms with E-state index in [9.17, 15) is 27.5 Å². The molecule has 2 heterocycles. The van der Waals surface area contributed by atoms with Crippen LogP contribution in [0, 0.1) is 5.82 Å². The molecule has 37 heavy (non-hydrogen) atoms. The smallest absolute Gasteiger partial charge is 0.320 e. The fraction of sp³-hybridized carbons (Fsp3) is 0.481. The Hall–Kier alpha value is -2.98. The molecule has 0 aromatic heterocycles. The molecule has 8 nitrogen and oxygen atoms in total. The first kappa shape index (κ1) is 27.1. The van der Waals surface area contributed by atoms with Crippen molar-refractivity contribution in [2.75, 3.05) is 39.3 Å². The van der Waals surface area contributed by atoms with Gasteiger partial charge in [-0.05, 0) is 55.2 Å². The Balaban J connectivity index is 1.68.